The van der Waals surface area contributed by atoms with Gasteiger partial charge < -0.3 is 24.4 Å². The molecule has 6 heteroatoms. The molecule has 0 aromatic heterocycles. The lowest BCUT2D eigenvalue weighted by atomic mass is 9.82. The summed E-state index contributed by atoms with van der Waals surface area (Å²) in [5.74, 6) is -1.41. The van der Waals surface area contributed by atoms with Crippen molar-refractivity contribution in [2.24, 2.45) is 23.7 Å². The van der Waals surface area contributed by atoms with E-state index in [1.807, 2.05) is 41.3 Å². The van der Waals surface area contributed by atoms with Crippen LogP contribution in [0.25, 0.3) is 0 Å². The highest BCUT2D eigenvalue weighted by atomic mass is 16.5. The number of amides is 1. The van der Waals surface area contributed by atoms with Gasteiger partial charge in [0, 0.05) is 43.8 Å². The molecular formula is C20H23N2O4-. The lowest BCUT2D eigenvalue weighted by Gasteiger charge is -2.39. The second-order valence-electron chi connectivity index (χ2n) is 7.33. The molecule has 1 saturated heterocycles. The number of carboxylic acid groups (broad SMARTS) is 1. The largest absolute Gasteiger partial charge is 0.550 e. The number of ether oxygens (including phenoxy) is 1. The Bertz CT molecular complexity index is 722. The quantitative estimate of drug-likeness (QED) is 0.737. The third-order valence-corrected chi connectivity index (χ3v) is 6.05. The molecule has 0 unspecified atom stereocenters. The number of benzene rings is 1. The lowest BCUT2D eigenvalue weighted by molar-refractivity contribution is -0.313. The van der Waals surface area contributed by atoms with Crippen molar-refractivity contribution >= 4 is 17.6 Å². The van der Waals surface area contributed by atoms with Gasteiger partial charge in [-0.25, -0.2) is 0 Å². The van der Waals surface area contributed by atoms with Gasteiger partial charge in [-0.05, 0) is 42.5 Å². The molecule has 1 saturated carbocycles. The Balaban J connectivity index is 1.40. The topological polar surface area (TPSA) is 72.9 Å². The summed E-state index contributed by atoms with van der Waals surface area (Å²) in [6.45, 7) is 2.71. The van der Waals surface area contributed by atoms with Gasteiger partial charge in [0.25, 0.3) is 0 Å². The number of rotatable bonds is 4. The number of aliphatic carboxylic acids is 1. The van der Waals surface area contributed by atoms with Crippen LogP contribution in [-0.4, -0.2) is 50.1 Å². The summed E-state index contributed by atoms with van der Waals surface area (Å²) in [4.78, 5) is 28.6. The second-order valence-corrected chi connectivity index (χ2v) is 7.33. The Morgan fingerprint density at radius 2 is 1.62 bits per heavy atom. The number of carboxylic acids is 1. The van der Waals surface area contributed by atoms with Crippen molar-refractivity contribution < 1.29 is 19.4 Å². The predicted molar refractivity (Wildman–Crippen MR) is 94.5 cm³/mol. The average Bonchev–Trinajstić information content (AvgIpc) is 3.29. The van der Waals surface area contributed by atoms with Crippen LogP contribution in [0.3, 0.4) is 0 Å². The molecule has 26 heavy (non-hydrogen) atoms. The fraction of sp³-hybridized carbons (Fsp3) is 0.500. The van der Waals surface area contributed by atoms with E-state index in [1.165, 1.54) is 0 Å². The van der Waals surface area contributed by atoms with Crippen LogP contribution in [0, 0.1) is 23.7 Å². The van der Waals surface area contributed by atoms with Gasteiger partial charge in [-0.15, -0.1) is 0 Å². The zero-order valence-electron chi connectivity index (χ0n) is 14.8. The van der Waals surface area contributed by atoms with E-state index in [1.54, 1.807) is 7.11 Å². The monoisotopic (exact) mass is 355 g/mol. The first-order chi connectivity index (χ1) is 12.6. The number of hydrogen-bond acceptors (Lipinski definition) is 5. The number of hydrogen-bond donors (Lipinski definition) is 0. The van der Waals surface area contributed by atoms with Crippen LogP contribution in [0.4, 0.5) is 5.69 Å². The van der Waals surface area contributed by atoms with E-state index in [9.17, 15) is 14.7 Å². The maximum absolute atomic E-state index is 13.0. The van der Waals surface area contributed by atoms with Crippen molar-refractivity contribution in [3.63, 3.8) is 0 Å². The van der Waals surface area contributed by atoms with E-state index < -0.39 is 17.8 Å². The number of anilines is 1. The van der Waals surface area contributed by atoms with Crippen molar-refractivity contribution in [2.45, 2.75) is 6.42 Å². The molecule has 4 rings (SSSR count). The van der Waals surface area contributed by atoms with Gasteiger partial charge in [0.15, 0.2) is 0 Å². The molecule has 1 aromatic carbocycles. The molecular weight excluding hydrogens is 332 g/mol. The van der Waals surface area contributed by atoms with Crippen LogP contribution in [0.1, 0.15) is 6.42 Å². The number of piperazine rings is 1. The van der Waals surface area contributed by atoms with E-state index in [2.05, 4.69) is 4.90 Å². The Kier molecular flexibility index (Phi) is 4.34. The Morgan fingerprint density at radius 1 is 1.00 bits per heavy atom. The van der Waals surface area contributed by atoms with Crippen LogP contribution in [0.2, 0.25) is 0 Å². The van der Waals surface area contributed by atoms with Gasteiger partial charge in [0.2, 0.25) is 5.91 Å². The number of carbonyl (C=O) groups is 2. The Labute approximate surface area is 153 Å². The minimum atomic E-state index is -1.09. The molecule has 2 fully saturated rings. The molecule has 6 nitrogen and oxygen atoms in total. The summed E-state index contributed by atoms with van der Waals surface area (Å²) in [5.41, 5.74) is 1.10. The number of allylic oxidation sites excluding steroid dienone is 2. The minimum absolute atomic E-state index is 0.0227. The second kappa shape index (κ2) is 6.67. The third kappa shape index (κ3) is 2.83. The molecule has 2 aliphatic carbocycles. The smallest absolute Gasteiger partial charge is 0.227 e. The first-order valence-electron chi connectivity index (χ1n) is 9.15. The first-order valence-corrected chi connectivity index (χ1v) is 9.15. The number of carbonyl (C=O) groups excluding carboxylic acids is 2. The third-order valence-electron chi connectivity index (χ3n) is 6.05. The van der Waals surface area contributed by atoms with Gasteiger partial charge in [0.05, 0.1) is 13.0 Å². The Morgan fingerprint density at radius 3 is 2.19 bits per heavy atom. The number of methoxy groups -OCH3 is 1. The van der Waals surface area contributed by atoms with Crippen LogP contribution >= 0.6 is 0 Å². The maximum atomic E-state index is 13.0. The van der Waals surface area contributed by atoms with Crippen molar-refractivity contribution in [1.29, 1.82) is 0 Å². The average molecular weight is 355 g/mol. The van der Waals surface area contributed by atoms with Gasteiger partial charge in [-0.2, -0.15) is 0 Å². The van der Waals surface area contributed by atoms with Crippen molar-refractivity contribution in [3.8, 4) is 5.75 Å². The fourth-order valence-corrected chi connectivity index (χ4v) is 4.67. The molecule has 0 N–H and O–H groups in total. The van der Waals surface area contributed by atoms with E-state index in [4.69, 9.17) is 4.74 Å². The molecule has 4 atom stereocenters. The molecule has 0 radical (unpaired) electrons. The summed E-state index contributed by atoms with van der Waals surface area (Å²) in [7, 11) is 1.64. The van der Waals surface area contributed by atoms with Crippen molar-refractivity contribution in [3.05, 3.63) is 36.4 Å². The van der Waals surface area contributed by atoms with Gasteiger partial charge in [-0.1, -0.05) is 12.2 Å². The van der Waals surface area contributed by atoms with Gasteiger partial charge in [-0.3, -0.25) is 4.79 Å². The standard InChI is InChI=1S/C20H24N2O4/c1-26-16-6-4-15(5-7-16)21-8-10-22(11-9-21)19(23)17-13-2-3-14(12-13)18(17)20(24)25/h2-7,13-14,17-18H,8-12H2,1H3,(H,24,25)/p-1/t13-,14+,17+,18+/m1/s1. The van der Waals surface area contributed by atoms with Gasteiger partial charge in [0.1, 0.15) is 5.75 Å². The summed E-state index contributed by atoms with van der Waals surface area (Å²) in [6, 6.07) is 7.89. The number of nitrogens with zero attached hydrogens (tertiary/aromatic N) is 2. The number of fused-ring (bicyclic) bond motifs is 2. The Hall–Kier alpha value is -2.50. The van der Waals surface area contributed by atoms with Crippen molar-refractivity contribution in [1.82, 2.24) is 4.90 Å². The maximum Gasteiger partial charge on any atom is 0.227 e. The van der Waals surface area contributed by atoms with E-state index in [0.717, 1.165) is 30.9 Å². The highest BCUT2D eigenvalue weighted by molar-refractivity contribution is 5.86. The van der Waals surface area contributed by atoms with Crippen molar-refractivity contribution in [2.75, 3.05) is 38.2 Å². The van der Waals surface area contributed by atoms with Crippen LogP contribution < -0.4 is 14.7 Å². The van der Waals surface area contributed by atoms with Gasteiger partial charge >= 0.3 is 0 Å². The molecule has 138 valence electrons. The van der Waals surface area contributed by atoms with Crippen LogP contribution in [0.15, 0.2) is 36.4 Å². The first kappa shape index (κ1) is 16.9. The molecule has 1 heterocycles. The fourth-order valence-electron chi connectivity index (χ4n) is 4.67. The molecule has 1 amide bonds. The molecule has 1 aliphatic heterocycles. The molecule has 1 aromatic rings. The minimum Gasteiger partial charge on any atom is -0.550 e. The normalized spacial score (nSPS) is 29.9. The van der Waals surface area contributed by atoms with E-state index in [0.29, 0.717) is 13.1 Å². The summed E-state index contributed by atoms with van der Waals surface area (Å²) >= 11 is 0. The molecule has 2 bridgehead atoms. The van der Waals surface area contributed by atoms with Crippen LogP contribution in [0.5, 0.6) is 5.75 Å². The summed E-state index contributed by atoms with van der Waals surface area (Å²) in [6.07, 6.45) is 4.72. The zero-order chi connectivity index (χ0) is 18.3. The molecule has 3 aliphatic rings. The van der Waals surface area contributed by atoms with Crippen LogP contribution in [-0.2, 0) is 9.59 Å². The SMILES string of the molecule is COc1ccc(N2CCN(C(=O)[C@@H]3[C@@H](C(=O)[O-])[C@H]4C=C[C@@H]3C4)CC2)cc1. The highest BCUT2D eigenvalue weighted by Gasteiger charge is 2.50. The predicted octanol–water partition coefficient (Wildman–Crippen LogP) is 0.532. The summed E-state index contributed by atoms with van der Waals surface area (Å²) < 4.78 is 5.19. The summed E-state index contributed by atoms with van der Waals surface area (Å²) in [5, 5.41) is 11.5. The zero-order valence-corrected chi connectivity index (χ0v) is 14.8. The van der Waals surface area contributed by atoms with E-state index in [-0.39, 0.29) is 17.7 Å². The molecule has 0 spiro atoms. The van der Waals surface area contributed by atoms with E-state index >= 15 is 0 Å². The lowest BCUT2D eigenvalue weighted by Crippen LogP contribution is -2.53. The highest BCUT2D eigenvalue weighted by Crippen LogP contribution is 2.48.